The second-order valence-electron chi connectivity index (χ2n) is 7.15. The Kier molecular flexibility index (Phi) is 8.17. The highest BCUT2D eigenvalue weighted by atomic mass is 16.5. The van der Waals surface area contributed by atoms with E-state index in [0.717, 1.165) is 77.2 Å². The molecule has 0 amide bonds. The first-order chi connectivity index (χ1) is 13.3. The summed E-state index contributed by atoms with van der Waals surface area (Å²) in [6, 6.07) is 4.24. The van der Waals surface area contributed by atoms with E-state index in [4.69, 9.17) is 9.73 Å². The van der Waals surface area contributed by atoms with Crippen LogP contribution in [0.3, 0.4) is 0 Å². The Morgan fingerprint density at radius 1 is 1.19 bits per heavy atom. The third-order valence-electron chi connectivity index (χ3n) is 5.05. The van der Waals surface area contributed by atoms with Gasteiger partial charge in [0.05, 0.1) is 19.8 Å². The van der Waals surface area contributed by atoms with Gasteiger partial charge in [0.2, 0.25) is 0 Å². The lowest BCUT2D eigenvalue weighted by molar-refractivity contribution is 0.0376. The highest BCUT2D eigenvalue weighted by molar-refractivity contribution is 5.79. The van der Waals surface area contributed by atoms with Crippen molar-refractivity contribution in [2.45, 2.75) is 32.7 Å². The lowest BCUT2D eigenvalue weighted by Gasteiger charge is -2.26. The molecule has 27 heavy (non-hydrogen) atoms. The maximum Gasteiger partial charge on any atom is 0.191 e. The molecule has 2 aliphatic rings. The number of hydrogen-bond donors (Lipinski definition) is 2. The number of ether oxygens (including phenoxy) is 1. The first-order valence-electron chi connectivity index (χ1n) is 10.4. The predicted octanol–water partition coefficient (Wildman–Crippen LogP) is 1.46. The Bertz CT molecular complexity index is 582. The topological polar surface area (TPSA) is 65.0 Å². The van der Waals surface area contributed by atoms with Gasteiger partial charge in [-0.2, -0.15) is 0 Å². The number of nitrogens with zero attached hydrogens (tertiary/aromatic N) is 4. The minimum absolute atomic E-state index is 0.669. The highest BCUT2D eigenvalue weighted by Crippen LogP contribution is 2.18. The summed E-state index contributed by atoms with van der Waals surface area (Å²) in [5, 5.41) is 6.80. The summed E-state index contributed by atoms with van der Waals surface area (Å²) in [5.41, 5.74) is 1.21. The van der Waals surface area contributed by atoms with Gasteiger partial charge in [-0.3, -0.25) is 4.90 Å². The van der Waals surface area contributed by atoms with Crippen LogP contribution in [-0.4, -0.2) is 74.9 Å². The molecule has 0 aromatic carbocycles. The fourth-order valence-corrected chi connectivity index (χ4v) is 3.52. The van der Waals surface area contributed by atoms with Crippen molar-refractivity contribution in [1.29, 1.82) is 0 Å². The molecule has 1 aromatic rings. The van der Waals surface area contributed by atoms with Crippen molar-refractivity contribution in [2.75, 3.05) is 63.9 Å². The van der Waals surface area contributed by atoms with Gasteiger partial charge < -0.3 is 20.3 Å². The Labute approximate surface area is 163 Å². The number of rotatable bonds is 8. The second kappa shape index (κ2) is 11.1. The Morgan fingerprint density at radius 2 is 2.00 bits per heavy atom. The Morgan fingerprint density at radius 3 is 2.78 bits per heavy atom. The molecule has 3 heterocycles. The summed E-state index contributed by atoms with van der Waals surface area (Å²) in [5.74, 6) is 1.97. The van der Waals surface area contributed by atoms with Crippen LogP contribution >= 0.6 is 0 Å². The molecule has 0 bridgehead atoms. The van der Waals surface area contributed by atoms with Crippen LogP contribution in [-0.2, 0) is 11.3 Å². The number of nitrogens with one attached hydrogen (secondary N) is 2. The van der Waals surface area contributed by atoms with Crippen LogP contribution < -0.4 is 15.5 Å². The van der Waals surface area contributed by atoms with E-state index in [2.05, 4.69) is 44.5 Å². The van der Waals surface area contributed by atoms with Crippen molar-refractivity contribution >= 4 is 11.8 Å². The van der Waals surface area contributed by atoms with E-state index in [-0.39, 0.29) is 0 Å². The van der Waals surface area contributed by atoms with Gasteiger partial charge in [-0.15, -0.1) is 0 Å². The number of aromatic nitrogens is 1. The smallest absolute Gasteiger partial charge is 0.191 e. The third-order valence-corrected chi connectivity index (χ3v) is 5.05. The summed E-state index contributed by atoms with van der Waals surface area (Å²) in [4.78, 5) is 14.1. The standard InChI is InChI=1S/C20H34N6O/c1-2-21-20(23-7-5-9-25-12-14-27-15-13-25)24-17-18-6-8-22-19(16-18)26-10-3-4-11-26/h6,8,16H,2-5,7,9-15,17H2,1H3,(H2,21,23,24). The van der Waals surface area contributed by atoms with Gasteiger partial charge in [0.1, 0.15) is 5.82 Å². The molecule has 2 N–H and O–H groups in total. The van der Waals surface area contributed by atoms with E-state index in [1.807, 2.05) is 6.20 Å². The van der Waals surface area contributed by atoms with Crippen LogP contribution in [0.15, 0.2) is 23.3 Å². The number of morpholine rings is 1. The minimum Gasteiger partial charge on any atom is -0.379 e. The third kappa shape index (κ3) is 6.66. The van der Waals surface area contributed by atoms with Crippen molar-refractivity contribution in [3.63, 3.8) is 0 Å². The van der Waals surface area contributed by atoms with Gasteiger partial charge in [0, 0.05) is 45.5 Å². The number of guanidine groups is 1. The van der Waals surface area contributed by atoms with E-state index >= 15 is 0 Å². The van der Waals surface area contributed by atoms with E-state index in [1.165, 1.54) is 18.4 Å². The van der Waals surface area contributed by atoms with Crippen LogP contribution in [0.2, 0.25) is 0 Å². The first-order valence-corrected chi connectivity index (χ1v) is 10.4. The first kappa shape index (κ1) is 19.9. The van der Waals surface area contributed by atoms with E-state index < -0.39 is 0 Å². The van der Waals surface area contributed by atoms with Crippen LogP contribution in [0, 0.1) is 0 Å². The second-order valence-corrected chi connectivity index (χ2v) is 7.15. The SMILES string of the molecule is CCNC(=NCc1ccnc(N2CCCC2)c1)NCCCN1CCOCC1. The fourth-order valence-electron chi connectivity index (χ4n) is 3.52. The largest absolute Gasteiger partial charge is 0.379 e. The quantitative estimate of drug-likeness (QED) is 0.408. The molecule has 0 unspecified atom stereocenters. The van der Waals surface area contributed by atoms with Crippen LogP contribution in [0.4, 0.5) is 5.82 Å². The van der Waals surface area contributed by atoms with Crippen molar-refractivity contribution < 1.29 is 4.74 Å². The summed E-state index contributed by atoms with van der Waals surface area (Å²) in [6.45, 7) is 11.7. The number of anilines is 1. The maximum absolute atomic E-state index is 5.40. The zero-order valence-corrected chi connectivity index (χ0v) is 16.6. The molecule has 3 rings (SSSR count). The lowest BCUT2D eigenvalue weighted by Crippen LogP contribution is -2.40. The highest BCUT2D eigenvalue weighted by Gasteiger charge is 2.13. The molecule has 0 aliphatic carbocycles. The summed E-state index contributed by atoms with van der Waals surface area (Å²) in [7, 11) is 0. The lowest BCUT2D eigenvalue weighted by atomic mass is 10.2. The molecule has 0 saturated carbocycles. The fraction of sp³-hybridized carbons (Fsp3) is 0.700. The van der Waals surface area contributed by atoms with Gasteiger partial charge in [0.25, 0.3) is 0 Å². The van der Waals surface area contributed by atoms with Gasteiger partial charge in [-0.1, -0.05) is 0 Å². The average Bonchev–Trinajstić information content (AvgIpc) is 3.25. The molecule has 0 spiro atoms. The molecule has 7 heteroatoms. The molecule has 2 fully saturated rings. The minimum atomic E-state index is 0.669. The zero-order valence-electron chi connectivity index (χ0n) is 16.6. The molecule has 0 atom stereocenters. The molecule has 0 radical (unpaired) electrons. The molecule has 7 nitrogen and oxygen atoms in total. The van der Waals surface area contributed by atoms with E-state index in [9.17, 15) is 0 Å². The molecule has 150 valence electrons. The van der Waals surface area contributed by atoms with Crippen molar-refractivity contribution in [3.8, 4) is 0 Å². The summed E-state index contributed by atoms with van der Waals surface area (Å²) < 4.78 is 5.40. The van der Waals surface area contributed by atoms with E-state index in [0.29, 0.717) is 6.54 Å². The maximum atomic E-state index is 5.40. The van der Waals surface area contributed by atoms with Crippen molar-refractivity contribution in [2.24, 2.45) is 4.99 Å². The van der Waals surface area contributed by atoms with Crippen LogP contribution in [0.25, 0.3) is 0 Å². The normalized spacial score (nSPS) is 18.7. The van der Waals surface area contributed by atoms with Gasteiger partial charge in [-0.25, -0.2) is 9.98 Å². The predicted molar refractivity (Wildman–Crippen MR) is 110 cm³/mol. The number of hydrogen-bond acceptors (Lipinski definition) is 5. The summed E-state index contributed by atoms with van der Waals surface area (Å²) >= 11 is 0. The monoisotopic (exact) mass is 374 g/mol. The average molecular weight is 375 g/mol. The van der Waals surface area contributed by atoms with E-state index in [1.54, 1.807) is 0 Å². The molecular formula is C20H34N6O. The molecule has 2 saturated heterocycles. The Balaban J connectivity index is 1.45. The van der Waals surface area contributed by atoms with Crippen molar-refractivity contribution in [3.05, 3.63) is 23.9 Å². The summed E-state index contributed by atoms with van der Waals surface area (Å²) in [6.07, 6.45) is 5.55. The molecule has 2 aliphatic heterocycles. The zero-order chi connectivity index (χ0) is 18.7. The van der Waals surface area contributed by atoms with Crippen LogP contribution in [0.1, 0.15) is 31.7 Å². The van der Waals surface area contributed by atoms with Crippen LogP contribution in [0.5, 0.6) is 0 Å². The van der Waals surface area contributed by atoms with Gasteiger partial charge >= 0.3 is 0 Å². The molecular weight excluding hydrogens is 340 g/mol. The Hall–Kier alpha value is -1.86. The van der Waals surface area contributed by atoms with Gasteiger partial charge in [-0.05, 0) is 50.4 Å². The molecule has 1 aromatic heterocycles. The van der Waals surface area contributed by atoms with Crippen molar-refractivity contribution in [1.82, 2.24) is 20.5 Å². The van der Waals surface area contributed by atoms with Gasteiger partial charge in [0.15, 0.2) is 5.96 Å². The number of aliphatic imine (C=N–C) groups is 1. The number of pyridine rings is 1.